The molecule has 118 valence electrons. The summed E-state index contributed by atoms with van der Waals surface area (Å²) < 4.78 is 4.86. The van der Waals surface area contributed by atoms with Gasteiger partial charge in [0.1, 0.15) is 10.7 Å². The number of rotatable bonds is 6. The van der Waals surface area contributed by atoms with Crippen molar-refractivity contribution in [2.75, 3.05) is 27.3 Å². The van der Waals surface area contributed by atoms with Crippen LogP contribution in [0.2, 0.25) is 0 Å². The summed E-state index contributed by atoms with van der Waals surface area (Å²) in [6, 6.07) is 7.95. The maximum absolute atomic E-state index is 12.3. The van der Waals surface area contributed by atoms with Gasteiger partial charge in [0.15, 0.2) is 0 Å². The molecule has 6 heteroatoms. The first-order valence-corrected chi connectivity index (χ1v) is 7.85. The number of benzene rings is 1. The van der Waals surface area contributed by atoms with Gasteiger partial charge >= 0.3 is 0 Å². The second kappa shape index (κ2) is 7.49. The molecule has 1 atom stereocenters. The summed E-state index contributed by atoms with van der Waals surface area (Å²) in [4.78, 5) is 18.2. The summed E-state index contributed by atoms with van der Waals surface area (Å²) in [6.45, 7) is 2.43. The van der Waals surface area contributed by atoms with Crippen molar-refractivity contribution >= 4 is 17.2 Å². The Kier molecular flexibility index (Phi) is 5.65. The van der Waals surface area contributed by atoms with Gasteiger partial charge in [-0.3, -0.25) is 4.79 Å². The molecule has 0 aliphatic heterocycles. The topological polar surface area (TPSA) is 62.7 Å². The summed E-state index contributed by atoms with van der Waals surface area (Å²) in [5, 5.41) is 12.3. The highest BCUT2D eigenvalue weighted by atomic mass is 32.1. The lowest BCUT2D eigenvalue weighted by atomic mass is 10.1. The monoisotopic (exact) mass is 320 g/mol. The minimum Gasteiger partial charge on any atom is -0.389 e. The van der Waals surface area contributed by atoms with Crippen LogP contribution < -0.4 is 0 Å². The average molecular weight is 320 g/mol. The van der Waals surface area contributed by atoms with E-state index >= 15 is 0 Å². The van der Waals surface area contributed by atoms with E-state index in [2.05, 4.69) is 4.98 Å². The van der Waals surface area contributed by atoms with Gasteiger partial charge in [-0.05, 0) is 12.5 Å². The van der Waals surface area contributed by atoms with Crippen LogP contribution in [-0.4, -0.2) is 54.3 Å². The van der Waals surface area contributed by atoms with Crippen LogP contribution in [0.15, 0.2) is 29.6 Å². The number of methoxy groups -OCH3 is 1. The highest BCUT2D eigenvalue weighted by Crippen LogP contribution is 2.26. The molecule has 0 spiro atoms. The molecule has 0 saturated carbocycles. The largest absolute Gasteiger partial charge is 0.389 e. The molecule has 0 aliphatic rings. The van der Waals surface area contributed by atoms with Crippen molar-refractivity contribution in [3.63, 3.8) is 0 Å². The van der Waals surface area contributed by atoms with Gasteiger partial charge in [-0.15, -0.1) is 11.3 Å². The minimum atomic E-state index is -0.701. The number of nitrogens with zero attached hydrogens (tertiary/aromatic N) is 2. The highest BCUT2D eigenvalue weighted by molar-refractivity contribution is 7.13. The Morgan fingerprint density at radius 2 is 2.18 bits per heavy atom. The van der Waals surface area contributed by atoms with E-state index in [1.54, 1.807) is 12.4 Å². The molecular formula is C16H20N2O3S. The zero-order valence-electron chi connectivity index (χ0n) is 12.9. The molecule has 0 bridgehead atoms. The Bertz CT molecular complexity index is 642. The third-order valence-electron chi connectivity index (χ3n) is 3.29. The first-order valence-electron chi connectivity index (χ1n) is 6.97. The Balaban J connectivity index is 2.11. The lowest BCUT2D eigenvalue weighted by Gasteiger charge is -2.19. The van der Waals surface area contributed by atoms with E-state index in [1.807, 2.05) is 31.2 Å². The van der Waals surface area contributed by atoms with Crippen molar-refractivity contribution in [1.82, 2.24) is 9.88 Å². The van der Waals surface area contributed by atoms with E-state index in [-0.39, 0.29) is 19.1 Å². The van der Waals surface area contributed by atoms with Gasteiger partial charge < -0.3 is 14.7 Å². The number of hydrogen-bond donors (Lipinski definition) is 1. The summed E-state index contributed by atoms with van der Waals surface area (Å²) in [5.41, 5.74) is 2.56. The summed E-state index contributed by atoms with van der Waals surface area (Å²) >= 11 is 1.45. The normalized spacial score (nSPS) is 12.2. The fourth-order valence-electron chi connectivity index (χ4n) is 2.15. The number of hydrogen-bond acceptors (Lipinski definition) is 5. The van der Waals surface area contributed by atoms with E-state index in [0.717, 1.165) is 16.1 Å². The number of aryl methyl sites for hydroxylation is 1. The van der Waals surface area contributed by atoms with Crippen LogP contribution in [0, 0.1) is 6.92 Å². The quantitative estimate of drug-likeness (QED) is 0.886. The summed E-state index contributed by atoms with van der Waals surface area (Å²) in [6.07, 6.45) is -0.701. The lowest BCUT2D eigenvalue weighted by molar-refractivity contribution is 0.0378. The number of likely N-dealkylation sites (N-methyl/N-ethyl adjacent to an activating group) is 1. The standard InChI is InChI=1S/C16H20N2O3S/c1-11-6-4-5-7-13(11)15-17-14(10-22-15)16(20)18(2)8-12(19)9-21-3/h4-7,10,12,19H,8-9H2,1-3H3. The Labute approximate surface area is 134 Å². The number of thiazole rings is 1. The van der Waals surface area contributed by atoms with Crippen LogP contribution in [-0.2, 0) is 4.74 Å². The van der Waals surface area contributed by atoms with Gasteiger partial charge in [-0.25, -0.2) is 4.98 Å². The molecule has 0 aliphatic carbocycles. The molecule has 1 aromatic carbocycles. The number of aliphatic hydroxyl groups is 1. The zero-order valence-corrected chi connectivity index (χ0v) is 13.8. The second-order valence-corrected chi connectivity index (χ2v) is 6.01. The molecule has 1 heterocycles. The molecule has 1 amide bonds. The van der Waals surface area contributed by atoms with E-state index in [1.165, 1.54) is 23.3 Å². The van der Waals surface area contributed by atoms with Gasteiger partial charge in [0, 0.05) is 31.6 Å². The van der Waals surface area contributed by atoms with Crippen LogP contribution in [0.25, 0.3) is 10.6 Å². The third kappa shape index (κ3) is 3.91. The average Bonchev–Trinajstić information content (AvgIpc) is 2.96. The highest BCUT2D eigenvalue weighted by Gasteiger charge is 2.19. The Hall–Kier alpha value is -1.76. The van der Waals surface area contributed by atoms with E-state index in [0.29, 0.717) is 5.69 Å². The van der Waals surface area contributed by atoms with Gasteiger partial charge in [0.25, 0.3) is 5.91 Å². The van der Waals surface area contributed by atoms with Crippen molar-refractivity contribution in [3.05, 3.63) is 40.9 Å². The van der Waals surface area contributed by atoms with Crippen molar-refractivity contribution in [2.45, 2.75) is 13.0 Å². The first-order chi connectivity index (χ1) is 10.5. The number of aliphatic hydroxyl groups excluding tert-OH is 1. The lowest BCUT2D eigenvalue weighted by Crippen LogP contribution is -2.36. The molecule has 0 radical (unpaired) electrons. The maximum Gasteiger partial charge on any atom is 0.273 e. The summed E-state index contributed by atoms with van der Waals surface area (Å²) in [5.74, 6) is -0.203. The molecule has 1 aromatic heterocycles. The van der Waals surface area contributed by atoms with Crippen LogP contribution in [0.4, 0.5) is 0 Å². The molecule has 5 nitrogen and oxygen atoms in total. The zero-order chi connectivity index (χ0) is 16.1. The third-order valence-corrected chi connectivity index (χ3v) is 4.16. The molecule has 1 unspecified atom stereocenters. The van der Waals surface area contributed by atoms with Crippen LogP contribution in [0.5, 0.6) is 0 Å². The number of ether oxygens (including phenoxy) is 1. The van der Waals surface area contributed by atoms with Crippen molar-refractivity contribution < 1.29 is 14.6 Å². The molecule has 1 N–H and O–H groups in total. The van der Waals surface area contributed by atoms with Gasteiger partial charge in [0.05, 0.1) is 12.7 Å². The van der Waals surface area contributed by atoms with E-state index < -0.39 is 6.10 Å². The van der Waals surface area contributed by atoms with Crippen molar-refractivity contribution in [3.8, 4) is 10.6 Å². The van der Waals surface area contributed by atoms with Gasteiger partial charge in [0.2, 0.25) is 0 Å². The Morgan fingerprint density at radius 1 is 1.45 bits per heavy atom. The second-order valence-electron chi connectivity index (χ2n) is 5.15. The number of amides is 1. The smallest absolute Gasteiger partial charge is 0.273 e. The first kappa shape index (κ1) is 16.6. The fourth-order valence-corrected chi connectivity index (χ4v) is 3.03. The molecular weight excluding hydrogens is 300 g/mol. The van der Waals surface area contributed by atoms with Crippen LogP contribution in [0.1, 0.15) is 16.1 Å². The van der Waals surface area contributed by atoms with Gasteiger partial charge in [-0.1, -0.05) is 24.3 Å². The fraction of sp³-hybridized carbons (Fsp3) is 0.375. The minimum absolute atomic E-state index is 0.198. The molecule has 2 rings (SSSR count). The van der Waals surface area contributed by atoms with Crippen molar-refractivity contribution in [1.29, 1.82) is 0 Å². The van der Waals surface area contributed by atoms with E-state index in [9.17, 15) is 9.90 Å². The molecule has 0 saturated heterocycles. The SMILES string of the molecule is COCC(O)CN(C)C(=O)c1csc(-c2ccccc2C)n1. The predicted molar refractivity (Wildman–Crippen MR) is 87.1 cm³/mol. The van der Waals surface area contributed by atoms with E-state index in [4.69, 9.17) is 4.74 Å². The van der Waals surface area contributed by atoms with Crippen molar-refractivity contribution in [2.24, 2.45) is 0 Å². The number of aromatic nitrogens is 1. The summed E-state index contributed by atoms with van der Waals surface area (Å²) in [7, 11) is 3.16. The van der Waals surface area contributed by atoms with Gasteiger partial charge in [-0.2, -0.15) is 0 Å². The van der Waals surface area contributed by atoms with Crippen LogP contribution in [0.3, 0.4) is 0 Å². The Morgan fingerprint density at radius 3 is 2.86 bits per heavy atom. The molecule has 2 aromatic rings. The molecule has 22 heavy (non-hydrogen) atoms. The predicted octanol–water partition coefficient (Wildman–Crippen LogP) is 2.20. The maximum atomic E-state index is 12.3. The number of carbonyl (C=O) groups excluding carboxylic acids is 1. The molecule has 0 fully saturated rings. The van der Waals surface area contributed by atoms with Crippen LogP contribution >= 0.6 is 11.3 Å². The number of carbonyl (C=O) groups is 1.